The van der Waals surface area contributed by atoms with Crippen molar-refractivity contribution < 1.29 is 14.6 Å². The number of aliphatic hydroxyl groups is 1. The third kappa shape index (κ3) is 3.31. The highest BCUT2D eigenvalue weighted by Crippen LogP contribution is 2.18. The van der Waals surface area contributed by atoms with Crippen molar-refractivity contribution in [2.75, 3.05) is 26.2 Å². The number of para-hydroxylation sites is 1. The molecule has 0 aliphatic carbocycles. The van der Waals surface area contributed by atoms with Crippen LogP contribution in [0.15, 0.2) is 24.3 Å². The summed E-state index contributed by atoms with van der Waals surface area (Å²) in [5.74, 6) is 0.659. The molecule has 98 valence electrons. The van der Waals surface area contributed by atoms with E-state index in [1.54, 1.807) is 13.0 Å². The van der Waals surface area contributed by atoms with Crippen molar-refractivity contribution >= 4 is 5.78 Å². The van der Waals surface area contributed by atoms with Gasteiger partial charge in [-0.25, -0.2) is 0 Å². The van der Waals surface area contributed by atoms with E-state index >= 15 is 0 Å². The first-order valence-corrected chi connectivity index (χ1v) is 6.30. The first-order valence-electron chi connectivity index (χ1n) is 6.30. The smallest absolute Gasteiger partial charge is 0.163 e. The molecular formula is C14H19NO3. The van der Waals surface area contributed by atoms with Gasteiger partial charge in [-0.15, -0.1) is 0 Å². The Morgan fingerprint density at radius 2 is 2.28 bits per heavy atom. The topological polar surface area (TPSA) is 49.8 Å². The molecular weight excluding hydrogens is 230 g/mol. The largest absolute Gasteiger partial charge is 0.491 e. The molecule has 4 nitrogen and oxygen atoms in total. The SMILES string of the molecule is CC(=O)c1ccccc1OCCN1CC[C@@H](O)C1. The standard InChI is InChI=1S/C14H19NO3/c1-11(16)13-4-2-3-5-14(13)18-9-8-15-7-6-12(17)10-15/h2-5,12,17H,6-10H2,1H3/t12-/m1/s1. The lowest BCUT2D eigenvalue weighted by atomic mass is 10.1. The van der Waals surface area contributed by atoms with Crippen molar-refractivity contribution in [1.82, 2.24) is 4.90 Å². The fourth-order valence-corrected chi connectivity index (χ4v) is 2.18. The van der Waals surface area contributed by atoms with Gasteiger partial charge < -0.3 is 9.84 Å². The van der Waals surface area contributed by atoms with Gasteiger partial charge in [-0.3, -0.25) is 9.69 Å². The molecule has 0 radical (unpaired) electrons. The van der Waals surface area contributed by atoms with E-state index < -0.39 is 0 Å². The van der Waals surface area contributed by atoms with Crippen molar-refractivity contribution in [3.63, 3.8) is 0 Å². The fourth-order valence-electron chi connectivity index (χ4n) is 2.18. The van der Waals surface area contributed by atoms with E-state index in [4.69, 9.17) is 4.74 Å². The first-order chi connectivity index (χ1) is 8.66. The number of benzene rings is 1. The van der Waals surface area contributed by atoms with E-state index in [9.17, 15) is 9.90 Å². The maximum absolute atomic E-state index is 11.4. The van der Waals surface area contributed by atoms with Crippen LogP contribution in [0, 0.1) is 0 Å². The van der Waals surface area contributed by atoms with E-state index in [1.807, 2.05) is 18.2 Å². The van der Waals surface area contributed by atoms with Crippen molar-refractivity contribution in [1.29, 1.82) is 0 Å². The number of hydrogen-bond donors (Lipinski definition) is 1. The molecule has 1 aromatic carbocycles. The maximum Gasteiger partial charge on any atom is 0.163 e. The Morgan fingerprint density at radius 3 is 2.94 bits per heavy atom. The van der Waals surface area contributed by atoms with Crippen LogP contribution in [0.3, 0.4) is 0 Å². The predicted molar refractivity (Wildman–Crippen MR) is 69.0 cm³/mol. The molecule has 0 aromatic heterocycles. The number of rotatable bonds is 5. The minimum absolute atomic E-state index is 0.0159. The predicted octanol–water partition coefficient (Wildman–Crippen LogP) is 1.33. The van der Waals surface area contributed by atoms with Crippen LogP contribution in [-0.2, 0) is 0 Å². The Kier molecular flexibility index (Phi) is 4.33. The van der Waals surface area contributed by atoms with Crippen LogP contribution in [0.2, 0.25) is 0 Å². The first kappa shape index (κ1) is 13.1. The molecule has 1 aliphatic rings. The van der Waals surface area contributed by atoms with Gasteiger partial charge >= 0.3 is 0 Å². The highest BCUT2D eigenvalue weighted by Gasteiger charge is 2.19. The van der Waals surface area contributed by atoms with Crippen LogP contribution in [0.25, 0.3) is 0 Å². The number of carbonyl (C=O) groups is 1. The van der Waals surface area contributed by atoms with Crippen molar-refractivity contribution in [2.24, 2.45) is 0 Å². The number of ketones is 1. The number of ether oxygens (including phenoxy) is 1. The molecule has 1 aromatic rings. The molecule has 1 heterocycles. The maximum atomic E-state index is 11.4. The minimum atomic E-state index is -0.200. The van der Waals surface area contributed by atoms with E-state index in [2.05, 4.69) is 4.90 Å². The molecule has 2 rings (SSSR count). The Morgan fingerprint density at radius 1 is 1.50 bits per heavy atom. The summed E-state index contributed by atoms with van der Waals surface area (Å²) in [7, 11) is 0. The van der Waals surface area contributed by atoms with E-state index in [1.165, 1.54) is 0 Å². The van der Waals surface area contributed by atoms with Gasteiger partial charge in [-0.2, -0.15) is 0 Å². The van der Waals surface area contributed by atoms with Gasteiger partial charge in [0.15, 0.2) is 5.78 Å². The van der Waals surface area contributed by atoms with Crippen molar-refractivity contribution in [3.8, 4) is 5.75 Å². The summed E-state index contributed by atoms with van der Waals surface area (Å²) >= 11 is 0. The molecule has 0 spiro atoms. The van der Waals surface area contributed by atoms with Crippen molar-refractivity contribution in [3.05, 3.63) is 29.8 Å². The second-order valence-corrected chi connectivity index (χ2v) is 4.64. The summed E-state index contributed by atoms with van der Waals surface area (Å²) in [5.41, 5.74) is 0.624. The van der Waals surface area contributed by atoms with Gasteiger partial charge in [0.05, 0.1) is 11.7 Å². The lowest BCUT2D eigenvalue weighted by molar-refractivity contribution is 0.101. The van der Waals surface area contributed by atoms with Gasteiger partial charge in [0.25, 0.3) is 0 Å². The van der Waals surface area contributed by atoms with Gasteiger partial charge in [0.2, 0.25) is 0 Å². The highest BCUT2D eigenvalue weighted by molar-refractivity contribution is 5.96. The monoisotopic (exact) mass is 249 g/mol. The Bertz CT molecular complexity index is 419. The van der Waals surface area contributed by atoms with Crippen LogP contribution in [0.1, 0.15) is 23.7 Å². The summed E-state index contributed by atoms with van der Waals surface area (Å²) in [4.78, 5) is 13.6. The van der Waals surface area contributed by atoms with Crippen LogP contribution >= 0.6 is 0 Å². The molecule has 1 aliphatic heterocycles. The molecule has 1 saturated heterocycles. The summed E-state index contributed by atoms with van der Waals surface area (Å²) in [5, 5.41) is 9.41. The number of nitrogens with zero attached hydrogens (tertiary/aromatic N) is 1. The third-order valence-electron chi connectivity index (χ3n) is 3.18. The van der Waals surface area contributed by atoms with Crippen LogP contribution in [-0.4, -0.2) is 48.1 Å². The van der Waals surface area contributed by atoms with Crippen LogP contribution < -0.4 is 4.74 Å². The van der Waals surface area contributed by atoms with Gasteiger partial charge in [-0.05, 0) is 25.5 Å². The van der Waals surface area contributed by atoms with Crippen LogP contribution in [0.5, 0.6) is 5.75 Å². The van der Waals surface area contributed by atoms with E-state index in [-0.39, 0.29) is 11.9 Å². The zero-order valence-electron chi connectivity index (χ0n) is 10.6. The van der Waals surface area contributed by atoms with Gasteiger partial charge in [0, 0.05) is 19.6 Å². The summed E-state index contributed by atoms with van der Waals surface area (Å²) < 4.78 is 5.65. The minimum Gasteiger partial charge on any atom is -0.491 e. The number of hydrogen-bond acceptors (Lipinski definition) is 4. The molecule has 18 heavy (non-hydrogen) atoms. The normalized spacial score (nSPS) is 20.0. The second kappa shape index (κ2) is 5.98. The Hall–Kier alpha value is -1.39. The zero-order valence-corrected chi connectivity index (χ0v) is 10.6. The van der Waals surface area contributed by atoms with Crippen LogP contribution in [0.4, 0.5) is 0 Å². The van der Waals surface area contributed by atoms with Gasteiger partial charge in [-0.1, -0.05) is 12.1 Å². The number of β-amino-alcohol motifs (C(OH)–C–C–N with tert-alkyl or cyclic N) is 1. The third-order valence-corrected chi connectivity index (χ3v) is 3.18. The van der Waals surface area contributed by atoms with Gasteiger partial charge in [0.1, 0.15) is 12.4 Å². The summed E-state index contributed by atoms with van der Waals surface area (Å²) in [6.45, 7) is 4.50. The number of likely N-dealkylation sites (tertiary alicyclic amines) is 1. The zero-order chi connectivity index (χ0) is 13.0. The molecule has 0 unspecified atom stereocenters. The number of Topliss-reactive ketones (excluding diaryl/α,β-unsaturated/α-hetero) is 1. The molecule has 1 atom stereocenters. The molecule has 1 fully saturated rings. The molecule has 0 bridgehead atoms. The average molecular weight is 249 g/mol. The lowest BCUT2D eigenvalue weighted by Crippen LogP contribution is -2.27. The van der Waals surface area contributed by atoms with E-state index in [0.29, 0.717) is 17.9 Å². The summed E-state index contributed by atoms with van der Waals surface area (Å²) in [6, 6.07) is 7.29. The lowest BCUT2D eigenvalue weighted by Gasteiger charge is -2.16. The average Bonchev–Trinajstić information content (AvgIpc) is 2.75. The van der Waals surface area contributed by atoms with E-state index in [0.717, 1.165) is 26.1 Å². The Balaban J connectivity index is 1.85. The summed E-state index contributed by atoms with van der Waals surface area (Å²) in [6.07, 6.45) is 0.638. The molecule has 0 saturated carbocycles. The highest BCUT2D eigenvalue weighted by atomic mass is 16.5. The molecule has 1 N–H and O–H groups in total. The Labute approximate surface area is 107 Å². The van der Waals surface area contributed by atoms with Crippen molar-refractivity contribution in [2.45, 2.75) is 19.4 Å². The molecule has 0 amide bonds. The quantitative estimate of drug-likeness (QED) is 0.800. The second-order valence-electron chi connectivity index (χ2n) is 4.64. The number of carbonyl (C=O) groups excluding carboxylic acids is 1. The molecule has 4 heteroatoms. The number of aliphatic hydroxyl groups excluding tert-OH is 1. The fraction of sp³-hybridized carbons (Fsp3) is 0.500.